The van der Waals surface area contributed by atoms with Gasteiger partial charge in [-0.15, -0.1) is 0 Å². The summed E-state index contributed by atoms with van der Waals surface area (Å²) in [4.78, 5) is 15.1. The van der Waals surface area contributed by atoms with Crippen LogP contribution in [0.2, 0.25) is 0 Å². The summed E-state index contributed by atoms with van der Waals surface area (Å²) < 4.78 is 5.28. The largest absolute Gasteiger partial charge is 0.504 e. The van der Waals surface area contributed by atoms with Crippen molar-refractivity contribution in [2.75, 3.05) is 14.2 Å². The molecule has 1 fully saturated rings. The van der Waals surface area contributed by atoms with E-state index < -0.39 is 11.0 Å². The molecule has 0 heterocycles. The summed E-state index contributed by atoms with van der Waals surface area (Å²) in [7, 11) is 3.17. The number of carbonyl (C=O) groups excluding carboxylic acids is 1. The molecule has 5 heteroatoms. The van der Waals surface area contributed by atoms with Crippen LogP contribution < -0.4 is 4.74 Å². The minimum atomic E-state index is -1.22. The molecule has 1 saturated carbocycles. The highest BCUT2D eigenvalue weighted by atomic mass is 16.5. The van der Waals surface area contributed by atoms with Gasteiger partial charge in [0.2, 0.25) is 0 Å². The van der Waals surface area contributed by atoms with Crippen LogP contribution in [0.4, 0.5) is 0 Å². The Morgan fingerprint density at radius 2 is 2.08 bits per heavy atom. The van der Waals surface area contributed by atoms with Crippen LogP contribution in [-0.2, 0) is 16.6 Å². The van der Waals surface area contributed by atoms with E-state index in [0.717, 1.165) is 23.8 Å². The van der Waals surface area contributed by atoms with Crippen LogP contribution in [0.1, 0.15) is 50.7 Å². The van der Waals surface area contributed by atoms with Gasteiger partial charge in [0.15, 0.2) is 11.5 Å². The molecule has 2 rings (SSSR count). The molecule has 1 aliphatic rings. The molecule has 1 aromatic rings. The lowest BCUT2D eigenvalue weighted by Gasteiger charge is -2.58. The van der Waals surface area contributed by atoms with E-state index in [-0.39, 0.29) is 12.2 Å². The second kappa shape index (κ2) is 6.93. The van der Waals surface area contributed by atoms with Crippen LogP contribution in [0.5, 0.6) is 11.5 Å². The highest BCUT2D eigenvalue weighted by Gasteiger charge is 2.63. The second-order valence-corrected chi connectivity index (χ2v) is 6.35. The van der Waals surface area contributed by atoms with E-state index in [2.05, 4.69) is 4.99 Å². The number of hydrogen-bond donors (Lipinski definition) is 2. The average Bonchev–Trinajstić information content (AvgIpc) is 2.60. The van der Waals surface area contributed by atoms with Crippen molar-refractivity contribution in [3.63, 3.8) is 0 Å². The Kier molecular flexibility index (Phi) is 5.33. The number of phenols is 1. The molecule has 0 amide bonds. The van der Waals surface area contributed by atoms with Gasteiger partial charge in [-0.3, -0.25) is 4.99 Å². The minimum absolute atomic E-state index is 0.0818. The molecular weight excluding hydrogens is 306 g/mol. The number of nitrogens with zero attached hydrogens (tertiary/aromatic N) is 1. The molecule has 1 aliphatic carbocycles. The van der Waals surface area contributed by atoms with E-state index in [9.17, 15) is 15.0 Å². The standard InChI is InChI=1S/C19H27NO4/c1-5-13-8-9-14(24-4)17(22)16(13)18(6-2)12-15(20-3)19(18,23)10-7-11-21/h8-9,11,22-23H,5-7,10,12H2,1-4H3. The molecule has 0 radical (unpaired) electrons. The van der Waals surface area contributed by atoms with Gasteiger partial charge in [-0.2, -0.15) is 0 Å². The molecule has 2 unspecified atom stereocenters. The number of methoxy groups -OCH3 is 1. The minimum Gasteiger partial charge on any atom is -0.504 e. The number of aldehydes is 1. The molecule has 5 nitrogen and oxygen atoms in total. The molecule has 2 atom stereocenters. The van der Waals surface area contributed by atoms with Gasteiger partial charge < -0.3 is 19.7 Å². The van der Waals surface area contributed by atoms with E-state index in [1.54, 1.807) is 13.1 Å². The number of aryl methyl sites for hydroxylation is 1. The van der Waals surface area contributed by atoms with E-state index in [1.165, 1.54) is 7.11 Å². The summed E-state index contributed by atoms with van der Waals surface area (Å²) in [5.41, 5.74) is 0.526. The van der Waals surface area contributed by atoms with Crippen molar-refractivity contribution in [1.29, 1.82) is 0 Å². The van der Waals surface area contributed by atoms with E-state index in [0.29, 0.717) is 30.7 Å². The average molecular weight is 333 g/mol. The molecule has 0 aromatic heterocycles. The Morgan fingerprint density at radius 1 is 1.38 bits per heavy atom. The van der Waals surface area contributed by atoms with Gasteiger partial charge in [0, 0.05) is 36.6 Å². The number of hydrogen-bond acceptors (Lipinski definition) is 5. The van der Waals surface area contributed by atoms with E-state index in [1.807, 2.05) is 19.9 Å². The van der Waals surface area contributed by atoms with Crippen LogP contribution in [0, 0.1) is 0 Å². The molecule has 0 spiro atoms. The Balaban J connectivity index is 2.69. The van der Waals surface area contributed by atoms with Crippen molar-refractivity contribution in [2.45, 2.75) is 57.0 Å². The summed E-state index contributed by atoms with van der Waals surface area (Å²) >= 11 is 0. The lowest BCUT2D eigenvalue weighted by molar-refractivity contribution is -0.109. The van der Waals surface area contributed by atoms with Crippen molar-refractivity contribution in [1.82, 2.24) is 0 Å². The van der Waals surface area contributed by atoms with E-state index in [4.69, 9.17) is 4.74 Å². The van der Waals surface area contributed by atoms with Gasteiger partial charge in [-0.1, -0.05) is 19.9 Å². The first-order valence-electron chi connectivity index (χ1n) is 8.47. The molecule has 0 saturated heterocycles. The maximum Gasteiger partial charge on any atom is 0.161 e. The first kappa shape index (κ1) is 18.5. The number of phenolic OH excluding ortho intramolecular Hbond substituents is 1. The molecule has 2 N–H and O–H groups in total. The number of ether oxygens (including phenoxy) is 1. The number of benzene rings is 1. The second-order valence-electron chi connectivity index (χ2n) is 6.35. The number of aliphatic imine (C=N–C) groups is 1. The van der Waals surface area contributed by atoms with Gasteiger partial charge in [-0.25, -0.2) is 0 Å². The Labute approximate surface area is 143 Å². The maximum atomic E-state index is 11.4. The summed E-state index contributed by atoms with van der Waals surface area (Å²) in [5.74, 6) is 0.480. The fraction of sp³-hybridized carbons (Fsp3) is 0.579. The van der Waals surface area contributed by atoms with Crippen LogP contribution in [0.3, 0.4) is 0 Å². The number of carbonyl (C=O) groups is 1. The zero-order chi connectivity index (χ0) is 18.0. The number of aliphatic hydroxyl groups is 1. The van der Waals surface area contributed by atoms with Gasteiger partial charge in [0.05, 0.1) is 7.11 Å². The lowest BCUT2D eigenvalue weighted by atomic mass is 9.49. The number of aromatic hydroxyl groups is 1. The first-order chi connectivity index (χ1) is 11.5. The Bertz CT molecular complexity index is 655. The molecule has 24 heavy (non-hydrogen) atoms. The summed E-state index contributed by atoms with van der Waals surface area (Å²) in [5, 5.41) is 22.2. The van der Waals surface area contributed by atoms with Crippen LogP contribution in [0.15, 0.2) is 17.1 Å². The maximum absolute atomic E-state index is 11.4. The zero-order valence-electron chi connectivity index (χ0n) is 14.9. The quantitative estimate of drug-likeness (QED) is 0.752. The van der Waals surface area contributed by atoms with Crippen LogP contribution in [0.25, 0.3) is 0 Å². The van der Waals surface area contributed by atoms with Crippen molar-refractivity contribution < 1.29 is 19.7 Å². The lowest BCUT2D eigenvalue weighted by Crippen LogP contribution is -2.67. The van der Waals surface area contributed by atoms with Gasteiger partial charge in [-0.05, 0) is 30.9 Å². The van der Waals surface area contributed by atoms with Crippen LogP contribution >= 0.6 is 0 Å². The molecule has 132 valence electrons. The normalized spacial score (nSPS) is 27.8. The summed E-state index contributed by atoms with van der Waals surface area (Å²) in [6.45, 7) is 4.02. The third-order valence-corrected chi connectivity index (χ3v) is 5.54. The summed E-state index contributed by atoms with van der Waals surface area (Å²) in [6.07, 6.45) is 3.31. The predicted molar refractivity (Wildman–Crippen MR) is 94.2 cm³/mol. The van der Waals surface area contributed by atoms with Crippen molar-refractivity contribution >= 4 is 12.0 Å². The molecule has 0 bridgehead atoms. The first-order valence-corrected chi connectivity index (χ1v) is 8.47. The Hall–Kier alpha value is -1.88. The Morgan fingerprint density at radius 3 is 2.58 bits per heavy atom. The third kappa shape index (κ3) is 2.42. The molecular formula is C19H27NO4. The third-order valence-electron chi connectivity index (χ3n) is 5.54. The fourth-order valence-corrected chi connectivity index (χ4v) is 4.16. The smallest absolute Gasteiger partial charge is 0.161 e. The highest BCUT2D eigenvalue weighted by molar-refractivity contribution is 6.03. The number of rotatable bonds is 7. The predicted octanol–water partition coefficient (Wildman–Crippen LogP) is 2.80. The monoisotopic (exact) mass is 333 g/mol. The SMILES string of the molecule is CCc1ccc(OC)c(O)c1C1(CC)CC(=NC)C1(O)CCC=O. The van der Waals surface area contributed by atoms with Gasteiger partial charge in [0.1, 0.15) is 11.9 Å². The topological polar surface area (TPSA) is 79.1 Å². The van der Waals surface area contributed by atoms with Crippen molar-refractivity contribution in [2.24, 2.45) is 4.99 Å². The zero-order valence-corrected chi connectivity index (χ0v) is 14.9. The van der Waals surface area contributed by atoms with Crippen molar-refractivity contribution in [3.8, 4) is 11.5 Å². The fourth-order valence-electron chi connectivity index (χ4n) is 4.16. The molecule has 0 aliphatic heterocycles. The van der Waals surface area contributed by atoms with E-state index >= 15 is 0 Å². The van der Waals surface area contributed by atoms with Gasteiger partial charge >= 0.3 is 0 Å². The van der Waals surface area contributed by atoms with Crippen molar-refractivity contribution in [3.05, 3.63) is 23.3 Å². The van der Waals surface area contributed by atoms with Crippen LogP contribution in [-0.4, -0.2) is 42.0 Å². The molecule has 1 aromatic carbocycles. The van der Waals surface area contributed by atoms with Gasteiger partial charge in [0.25, 0.3) is 0 Å². The summed E-state index contributed by atoms with van der Waals surface area (Å²) in [6, 6.07) is 3.69. The highest BCUT2D eigenvalue weighted by Crippen LogP contribution is 2.58.